The third-order valence-electron chi connectivity index (χ3n) is 4.51. The Hall–Kier alpha value is -0.990. The van der Waals surface area contributed by atoms with Crippen molar-refractivity contribution in [1.82, 2.24) is 9.88 Å². The van der Waals surface area contributed by atoms with Crippen molar-refractivity contribution in [3.8, 4) is 0 Å². The molecule has 0 aliphatic heterocycles. The van der Waals surface area contributed by atoms with E-state index in [9.17, 15) is 4.79 Å². The number of thiazole rings is 1. The summed E-state index contributed by atoms with van der Waals surface area (Å²) in [6.07, 6.45) is 0. The van der Waals surface area contributed by atoms with E-state index in [0.29, 0.717) is 22.3 Å². The molecule has 0 N–H and O–H groups in total. The number of hydrogen-bond acceptors (Lipinski definition) is 4. The van der Waals surface area contributed by atoms with Gasteiger partial charge in [0, 0.05) is 22.0 Å². The second kappa shape index (κ2) is 9.67. The Morgan fingerprint density at radius 3 is 2.46 bits per heavy atom. The minimum absolute atomic E-state index is 0.142. The van der Waals surface area contributed by atoms with Gasteiger partial charge in [0.2, 0.25) is 0 Å². The summed E-state index contributed by atoms with van der Waals surface area (Å²) in [5.41, 5.74) is 1.35. The van der Waals surface area contributed by atoms with Crippen LogP contribution in [0.5, 0.6) is 0 Å². The molecule has 0 bridgehead atoms. The fraction of sp³-hybridized carbons (Fsp3) is 0.300. The first-order valence-electron chi connectivity index (χ1n) is 8.98. The van der Waals surface area contributed by atoms with E-state index in [-0.39, 0.29) is 5.91 Å². The number of benzene rings is 2. The van der Waals surface area contributed by atoms with Crippen LogP contribution in [-0.2, 0) is 0 Å². The smallest absolute Gasteiger partial charge is 0.261 e. The number of amides is 1. The molecule has 3 aromatic rings. The normalized spacial score (nSPS) is 11.4. The van der Waals surface area contributed by atoms with Gasteiger partial charge in [-0.05, 0) is 49.5 Å². The number of hydrogen-bond donors (Lipinski definition) is 0. The van der Waals surface area contributed by atoms with Crippen molar-refractivity contribution in [1.29, 1.82) is 0 Å². The molecule has 1 amide bonds. The lowest BCUT2D eigenvalue weighted by Gasteiger charge is -2.25. The second-order valence-corrected chi connectivity index (χ2v) is 9.46. The number of halogens is 3. The molecule has 0 spiro atoms. The summed E-state index contributed by atoms with van der Waals surface area (Å²) >= 11 is 14.8. The highest BCUT2D eigenvalue weighted by Crippen LogP contribution is 2.32. The average molecular weight is 546 g/mol. The standard InChI is InChI=1S/C20H20Br2ClN3OS/c1-3-25(4-2)9-10-26(19(27)15-11-13(21)5-7-16(15)23)20-24-17-8-6-14(22)12-18(17)28-20/h5-8,11-12H,3-4,9-10H2,1-2H3. The molecule has 4 nitrogen and oxygen atoms in total. The van der Waals surface area contributed by atoms with Gasteiger partial charge in [-0.15, -0.1) is 0 Å². The first-order chi connectivity index (χ1) is 13.4. The van der Waals surface area contributed by atoms with Crippen molar-refractivity contribution in [2.75, 3.05) is 31.1 Å². The molecule has 8 heteroatoms. The van der Waals surface area contributed by atoms with Crippen molar-refractivity contribution >= 4 is 76.1 Å². The number of rotatable bonds is 7. The maximum absolute atomic E-state index is 13.4. The Morgan fingerprint density at radius 2 is 1.75 bits per heavy atom. The Labute approximate surface area is 190 Å². The van der Waals surface area contributed by atoms with E-state index >= 15 is 0 Å². The molecule has 2 aromatic carbocycles. The molecule has 0 fully saturated rings. The highest BCUT2D eigenvalue weighted by atomic mass is 79.9. The Morgan fingerprint density at radius 1 is 1.07 bits per heavy atom. The van der Waals surface area contributed by atoms with Gasteiger partial charge in [0.15, 0.2) is 5.13 Å². The summed E-state index contributed by atoms with van der Waals surface area (Å²) in [5, 5.41) is 1.12. The van der Waals surface area contributed by atoms with E-state index in [4.69, 9.17) is 16.6 Å². The topological polar surface area (TPSA) is 36.4 Å². The monoisotopic (exact) mass is 543 g/mol. The lowest BCUT2D eigenvalue weighted by atomic mass is 10.2. The van der Waals surface area contributed by atoms with Gasteiger partial charge in [-0.2, -0.15) is 0 Å². The fourth-order valence-electron chi connectivity index (χ4n) is 2.87. The van der Waals surface area contributed by atoms with Crippen molar-refractivity contribution in [3.05, 3.63) is 55.9 Å². The molecule has 28 heavy (non-hydrogen) atoms. The molecule has 0 aliphatic rings. The summed E-state index contributed by atoms with van der Waals surface area (Å²) in [6, 6.07) is 11.3. The van der Waals surface area contributed by atoms with E-state index in [1.165, 1.54) is 11.3 Å². The van der Waals surface area contributed by atoms with Crippen LogP contribution in [0.25, 0.3) is 10.2 Å². The molecule has 3 rings (SSSR count). The third-order valence-corrected chi connectivity index (χ3v) is 6.87. The van der Waals surface area contributed by atoms with Crippen molar-refractivity contribution < 1.29 is 4.79 Å². The van der Waals surface area contributed by atoms with Gasteiger partial charge in [-0.25, -0.2) is 4.98 Å². The SMILES string of the molecule is CCN(CC)CCN(C(=O)c1cc(Br)ccc1Cl)c1nc2ccc(Br)cc2s1. The molecule has 1 aromatic heterocycles. The molecule has 0 saturated heterocycles. The fourth-order valence-corrected chi connectivity index (χ4v) is 4.98. The van der Waals surface area contributed by atoms with E-state index in [0.717, 1.165) is 38.8 Å². The maximum Gasteiger partial charge on any atom is 0.261 e. The largest absolute Gasteiger partial charge is 0.302 e. The molecule has 0 aliphatic carbocycles. The van der Waals surface area contributed by atoms with E-state index in [2.05, 4.69) is 50.6 Å². The summed E-state index contributed by atoms with van der Waals surface area (Å²) in [6.45, 7) is 7.42. The van der Waals surface area contributed by atoms with Crippen molar-refractivity contribution in [2.24, 2.45) is 0 Å². The quantitative estimate of drug-likeness (QED) is 0.342. The summed E-state index contributed by atoms with van der Waals surface area (Å²) in [4.78, 5) is 22.1. The van der Waals surface area contributed by atoms with Crippen LogP contribution in [0, 0.1) is 0 Å². The molecule has 0 radical (unpaired) electrons. The summed E-state index contributed by atoms with van der Waals surface area (Å²) in [5.74, 6) is -0.142. The van der Waals surface area contributed by atoms with E-state index < -0.39 is 0 Å². The van der Waals surface area contributed by atoms with Crippen LogP contribution in [0.2, 0.25) is 5.02 Å². The molecular weight excluding hydrogens is 526 g/mol. The zero-order valence-electron chi connectivity index (χ0n) is 15.6. The van der Waals surface area contributed by atoms with Gasteiger partial charge in [0.25, 0.3) is 5.91 Å². The summed E-state index contributed by atoms with van der Waals surface area (Å²) in [7, 11) is 0. The van der Waals surface area contributed by atoms with Crippen LogP contribution in [0.3, 0.4) is 0 Å². The molecule has 0 atom stereocenters. The summed E-state index contributed by atoms with van der Waals surface area (Å²) < 4.78 is 2.84. The lowest BCUT2D eigenvalue weighted by Crippen LogP contribution is -2.39. The highest BCUT2D eigenvalue weighted by Gasteiger charge is 2.24. The number of nitrogens with zero attached hydrogens (tertiary/aromatic N) is 3. The van der Waals surface area contributed by atoms with Crippen LogP contribution in [-0.4, -0.2) is 42.0 Å². The highest BCUT2D eigenvalue weighted by molar-refractivity contribution is 9.10. The van der Waals surface area contributed by atoms with Gasteiger partial charge in [0.1, 0.15) is 0 Å². The first-order valence-corrected chi connectivity index (χ1v) is 11.8. The maximum atomic E-state index is 13.4. The van der Waals surface area contributed by atoms with E-state index in [1.54, 1.807) is 17.0 Å². The lowest BCUT2D eigenvalue weighted by molar-refractivity contribution is 0.0984. The zero-order chi connectivity index (χ0) is 20.3. The molecule has 148 valence electrons. The predicted octanol–water partition coefficient (Wildman–Crippen LogP) is 6.46. The Bertz CT molecular complexity index is 991. The van der Waals surface area contributed by atoms with E-state index in [1.807, 2.05) is 24.3 Å². The minimum atomic E-state index is -0.142. The molecular formula is C20H20Br2ClN3OS. The number of likely N-dealkylation sites (N-methyl/N-ethyl adjacent to an activating group) is 1. The average Bonchev–Trinajstić information content (AvgIpc) is 3.09. The number of carbonyl (C=O) groups is 1. The van der Waals surface area contributed by atoms with Crippen LogP contribution >= 0.6 is 54.8 Å². The van der Waals surface area contributed by atoms with Crippen molar-refractivity contribution in [2.45, 2.75) is 13.8 Å². The van der Waals surface area contributed by atoms with Crippen molar-refractivity contribution in [3.63, 3.8) is 0 Å². The molecule has 0 unspecified atom stereocenters. The zero-order valence-corrected chi connectivity index (χ0v) is 20.3. The number of carbonyl (C=O) groups excluding carboxylic acids is 1. The van der Waals surface area contributed by atoms with Crippen LogP contribution in [0.15, 0.2) is 45.3 Å². The number of anilines is 1. The van der Waals surface area contributed by atoms with Gasteiger partial charge in [0.05, 0.1) is 20.8 Å². The van der Waals surface area contributed by atoms with Gasteiger partial charge < -0.3 is 4.90 Å². The van der Waals surface area contributed by atoms with Crippen LogP contribution in [0.4, 0.5) is 5.13 Å². The first kappa shape index (κ1) is 21.7. The minimum Gasteiger partial charge on any atom is -0.302 e. The van der Waals surface area contributed by atoms with Gasteiger partial charge in [-0.1, -0.05) is 68.6 Å². The van der Waals surface area contributed by atoms with Crippen LogP contribution in [0.1, 0.15) is 24.2 Å². The molecule has 1 heterocycles. The third kappa shape index (κ3) is 4.94. The number of aromatic nitrogens is 1. The van der Waals surface area contributed by atoms with Gasteiger partial charge >= 0.3 is 0 Å². The number of fused-ring (bicyclic) bond motifs is 1. The Balaban J connectivity index is 2.00. The predicted molar refractivity (Wildman–Crippen MR) is 126 cm³/mol. The van der Waals surface area contributed by atoms with Crippen LogP contribution < -0.4 is 4.90 Å². The van der Waals surface area contributed by atoms with Gasteiger partial charge in [-0.3, -0.25) is 9.69 Å². The second-order valence-electron chi connectivity index (χ2n) is 6.22. The Kier molecular flexibility index (Phi) is 7.50. The molecule has 0 saturated carbocycles.